The number of amides is 1. The van der Waals surface area contributed by atoms with Gasteiger partial charge in [0.2, 0.25) is 5.56 Å². The van der Waals surface area contributed by atoms with Crippen LogP contribution in [0, 0.1) is 0 Å². The molecule has 0 aliphatic heterocycles. The SMILES string of the molecule is CCC(C)(NC(=O)c1ccc(=O)[nH]c1)C(=O)O. The molecule has 6 nitrogen and oxygen atoms in total. The third-order valence-electron chi connectivity index (χ3n) is 2.61. The molecule has 0 aliphatic carbocycles. The Morgan fingerprint density at radius 2 is 2.12 bits per heavy atom. The van der Waals surface area contributed by atoms with E-state index in [1.54, 1.807) is 6.92 Å². The van der Waals surface area contributed by atoms with E-state index in [4.69, 9.17) is 5.11 Å². The average Bonchev–Trinajstić information content (AvgIpc) is 2.29. The third-order valence-corrected chi connectivity index (χ3v) is 2.61. The van der Waals surface area contributed by atoms with Crippen molar-refractivity contribution < 1.29 is 14.7 Å². The van der Waals surface area contributed by atoms with Gasteiger partial charge in [0, 0.05) is 12.3 Å². The summed E-state index contributed by atoms with van der Waals surface area (Å²) in [5.74, 6) is -1.63. The molecule has 92 valence electrons. The fourth-order valence-electron chi connectivity index (χ4n) is 1.17. The van der Waals surface area contributed by atoms with Gasteiger partial charge < -0.3 is 15.4 Å². The Morgan fingerprint density at radius 1 is 1.47 bits per heavy atom. The molecular formula is C11H14N2O4. The maximum absolute atomic E-state index is 11.7. The Balaban J connectivity index is 2.89. The van der Waals surface area contributed by atoms with E-state index in [-0.39, 0.29) is 17.5 Å². The third kappa shape index (κ3) is 2.93. The molecule has 0 spiro atoms. The second kappa shape index (κ2) is 4.82. The average molecular weight is 238 g/mol. The Hall–Kier alpha value is -2.11. The van der Waals surface area contributed by atoms with Crippen LogP contribution in [-0.4, -0.2) is 27.5 Å². The van der Waals surface area contributed by atoms with Crippen molar-refractivity contribution in [1.82, 2.24) is 10.3 Å². The van der Waals surface area contributed by atoms with Crippen LogP contribution in [0.3, 0.4) is 0 Å². The molecule has 0 radical (unpaired) electrons. The number of hydrogen-bond acceptors (Lipinski definition) is 3. The van der Waals surface area contributed by atoms with Crippen LogP contribution in [0.4, 0.5) is 0 Å². The fraction of sp³-hybridized carbons (Fsp3) is 0.364. The van der Waals surface area contributed by atoms with Gasteiger partial charge in [0.1, 0.15) is 5.54 Å². The lowest BCUT2D eigenvalue weighted by Crippen LogP contribution is -2.51. The van der Waals surface area contributed by atoms with Crippen LogP contribution in [0.2, 0.25) is 0 Å². The number of carboxylic acids is 1. The van der Waals surface area contributed by atoms with E-state index in [1.807, 2.05) is 0 Å². The molecule has 0 aliphatic rings. The van der Waals surface area contributed by atoms with Gasteiger partial charge in [0.05, 0.1) is 5.56 Å². The summed E-state index contributed by atoms with van der Waals surface area (Å²) in [6, 6.07) is 2.55. The predicted molar refractivity (Wildman–Crippen MR) is 60.9 cm³/mol. The first-order valence-corrected chi connectivity index (χ1v) is 5.13. The van der Waals surface area contributed by atoms with Gasteiger partial charge in [-0.05, 0) is 19.4 Å². The first-order valence-electron chi connectivity index (χ1n) is 5.13. The summed E-state index contributed by atoms with van der Waals surface area (Å²) in [4.78, 5) is 35.9. The largest absolute Gasteiger partial charge is 0.480 e. The monoisotopic (exact) mass is 238 g/mol. The van der Waals surface area contributed by atoms with Gasteiger partial charge in [-0.15, -0.1) is 0 Å². The zero-order chi connectivity index (χ0) is 13.1. The summed E-state index contributed by atoms with van der Waals surface area (Å²) in [6.45, 7) is 3.10. The number of carbonyl (C=O) groups is 2. The molecule has 1 aromatic heterocycles. The van der Waals surface area contributed by atoms with Crippen LogP contribution in [0.25, 0.3) is 0 Å². The van der Waals surface area contributed by atoms with Gasteiger partial charge >= 0.3 is 5.97 Å². The number of aliphatic carboxylic acids is 1. The molecule has 0 saturated carbocycles. The van der Waals surface area contributed by atoms with Crippen molar-refractivity contribution in [3.05, 3.63) is 34.2 Å². The second-order valence-electron chi connectivity index (χ2n) is 3.89. The Labute approximate surface area is 97.7 Å². The van der Waals surface area contributed by atoms with Crippen molar-refractivity contribution in [2.24, 2.45) is 0 Å². The predicted octanol–water partition coefficient (Wildman–Crippen LogP) is 0.358. The maximum Gasteiger partial charge on any atom is 0.329 e. The molecular weight excluding hydrogens is 224 g/mol. The van der Waals surface area contributed by atoms with Crippen molar-refractivity contribution in [2.45, 2.75) is 25.8 Å². The molecule has 17 heavy (non-hydrogen) atoms. The number of carbonyl (C=O) groups excluding carboxylic acids is 1. The zero-order valence-electron chi connectivity index (χ0n) is 9.61. The van der Waals surface area contributed by atoms with Gasteiger partial charge in [0.25, 0.3) is 5.91 Å². The van der Waals surface area contributed by atoms with Crippen LogP contribution in [-0.2, 0) is 4.79 Å². The van der Waals surface area contributed by atoms with E-state index >= 15 is 0 Å². The van der Waals surface area contributed by atoms with Crippen molar-refractivity contribution >= 4 is 11.9 Å². The van der Waals surface area contributed by atoms with E-state index < -0.39 is 17.4 Å². The zero-order valence-corrected chi connectivity index (χ0v) is 9.61. The molecule has 1 amide bonds. The molecule has 0 fully saturated rings. The fourth-order valence-corrected chi connectivity index (χ4v) is 1.17. The van der Waals surface area contributed by atoms with E-state index in [0.717, 1.165) is 0 Å². The van der Waals surface area contributed by atoms with Crippen molar-refractivity contribution in [3.8, 4) is 0 Å². The number of aromatic amines is 1. The minimum atomic E-state index is -1.31. The summed E-state index contributed by atoms with van der Waals surface area (Å²) in [7, 11) is 0. The Kier molecular flexibility index (Phi) is 3.67. The van der Waals surface area contributed by atoms with Crippen LogP contribution in [0.5, 0.6) is 0 Å². The van der Waals surface area contributed by atoms with E-state index in [2.05, 4.69) is 10.3 Å². The topological polar surface area (TPSA) is 99.3 Å². The molecule has 1 aromatic rings. The summed E-state index contributed by atoms with van der Waals surface area (Å²) >= 11 is 0. The van der Waals surface area contributed by atoms with E-state index in [9.17, 15) is 14.4 Å². The van der Waals surface area contributed by atoms with E-state index in [0.29, 0.717) is 0 Å². The standard InChI is InChI=1S/C11H14N2O4/c1-3-11(2,10(16)17)13-9(15)7-4-5-8(14)12-6-7/h4-6H,3H2,1-2H3,(H,12,14)(H,13,15)(H,16,17). The molecule has 6 heteroatoms. The van der Waals surface area contributed by atoms with Crippen molar-refractivity contribution in [1.29, 1.82) is 0 Å². The van der Waals surface area contributed by atoms with E-state index in [1.165, 1.54) is 25.3 Å². The first-order chi connectivity index (χ1) is 7.89. The molecule has 1 atom stereocenters. The quantitative estimate of drug-likeness (QED) is 0.705. The van der Waals surface area contributed by atoms with Gasteiger partial charge in [-0.1, -0.05) is 6.92 Å². The lowest BCUT2D eigenvalue weighted by atomic mass is 9.99. The molecule has 1 unspecified atom stereocenters. The van der Waals surface area contributed by atoms with Gasteiger partial charge in [-0.25, -0.2) is 4.79 Å². The first kappa shape index (κ1) is 13.0. The maximum atomic E-state index is 11.7. The molecule has 0 bridgehead atoms. The lowest BCUT2D eigenvalue weighted by molar-refractivity contribution is -0.143. The minimum absolute atomic E-state index is 0.213. The lowest BCUT2D eigenvalue weighted by Gasteiger charge is -2.24. The highest BCUT2D eigenvalue weighted by Crippen LogP contribution is 2.10. The van der Waals surface area contributed by atoms with Gasteiger partial charge in [0.15, 0.2) is 0 Å². The molecule has 3 N–H and O–H groups in total. The number of hydrogen-bond donors (Lipinski definition) is 3. The smallest absolute Gasteiger partial charge is 0.329 e. The number of pyridine rings is 1. The van der Waals surface area contributed by atoms with Crippen molar-refractivity contribution in [2.75, 3.05) is 0 Å². The molecule has 1 rings (SSSR count). The number of carboxylic acid groups (broad SMARTS) is 1. The molecule has 0 saturated heterocycles. The molecule has 0 aromatic carbocycles. The number of H-pyrrole nitrogens is 1. The number of aromatic nitrogens is 1. The van der Waals surface area contributed by atoms with Crippen molar-refractivity contribution in [3.63, 3.8) is 0 Å². The highest BCUT2D eigenvalue weighted by molar-refractivity contribution is 5.97. The van der Waals surface area contributed by atoms with Crippen LogP contribution >= 0.6 is 0 Å². The highest BCUT2D eigenvalue weighted by Gasteiger charge is 2.32. The summed E-state index contributed by atoms with van der Waals surface area (Å²) in [5, 5.41) is 11.4. The highest BCUT2D eigenvalue weighted by atomic mass is 16.4. The Bertz CT molecular complexity index is 474. The summed E-state index contributed by atoms with van der Waals surface area (Å²) in [6.07, 6.45) is 1.51. The van der Waals surface area contributed by atoms with Crippen LogP contribution < -0.4 is 10.9 Å². The summed E-state index contributed by atoms with van der Waals surface area (Å²) < 4.78 is 0. The van der Waals surface area contributed by atoms with Crippen LogP contribution in [0.1, 0.15) is 30.6 Å². The second-order valence-corrected chi connectivity index (χ2v) is 3.89. The number of nitrogens with one attached hydrogen (secondary N) is 2. The van der Waals surface area contributed by atoms with Gasteiger partial charge in [-0.3, -0.25) is 9.59 Å². The summed E-state index contributed by atoms with van der Waals surface area (Å²) in [5.41, 5.74) is -1.42. The number of rotatable bonds is 4. The van der Waals surface area contributed by atoms with Crippen LogP contribution in [0.15, 0.2) is 23.1 Å². The molecule has 1 heterocycles. The Morgan fingerprint density at radius 3 is 2.53 bits per heavy atom. The normalized spacial score (nSPS) is 13.8. The van der Waals surface area contributed by atoms with Gasteiger partial charge in [-0.2, -0.15) is 0 Å². The minimum Gasteiger partial charge on any atom is -0.480 e.